The Kier molecular flexibility index (Phi) is 7.41. The lowest BCUT2D eigenvalue weighted by Crippen LogP contribution is -2.36. The van der Waals surface area contributed by atoms with E-state index in [2.05, 4.69) is 73.3 Å². The average Bonchev–Trinajstić information content (AvgIpc) is 3.48. The largest absolute Gasteiger partial charge is 0.379 e. The molecule has 166 valence electrons. The van der Waals surface area contributed by atoms with Crippen LogP contribution in [0.25, 0.3) is 20.7 Å². The number of nitrogens with zero attached hydrogens (tertiary/aromatic N) is 3. The topological polar surface area (TPSA) is 50.3 Å². The zero-order chi connectivity index (χ0) is 21.8. The number of thioether (sulfide) groups is 1. The SMILES string of the molecule is Brc1ccc(SCCNc2nc(CN3CCOCC3)nc3scc(-c4cccs4)c23)cc1. The maximum Gasteiger partial charge on any atom is 0.146 e. The Hall–Kier alpha value is -1.49. The van der Waals surface area contributed by atoms with Gasteiger partial charge in [0.05, 0.1) is 25.1 Å². The third-order valence-corrected chi connectivity index (χ3v) is 8.53. The number of fused-ring (bicyclic) bond motifs is 1. The normalized spacial score (nSPS) is 14.8. The van der Waals surface area contributed by atoms with Gasteiger partial charge in [0.1, 0.15) is 16.5 Å². The molecule has 0 unspecified atom stereocenters. The summed E-state index contributed by atoms with van der Waals surface area (Å²) < 4.78 is 6.59. The Morgan fingerprint density at radius 3 is 2.72 bits per heavy atom. The van der Waals surface area contributed by atoms with Crippen molar-refractivity contribution in [3.8, 4) is 10.4 Å². The summed E-state index contributed by atoms with van der Waals surface area (Å²) in [4.78, 5) is 15.9. The Morgan fingerprint density at radius 2 is 1.94 bits per heavy atom. The summed E-state index contributed by atoms with van der Waals surface area (Å²) in [5.41, 5.74) is 1.22. The molecule has 0 saturated carbocycles. The second kappa shape index (κ2) is 10.6. The Bertz CT molecular complexity index is 1160. The van der Waals surface area contributed by atoms with E-state index in [1.807, 2.05) is 11.8 Å². The van der Waals surface area contributed by atoms with E-state index in [1.54, 1.807) is 22.7 Å². The van der Waals surface area contributed by atoms with Crippen molar-refractivity contribution in [2.45, 2.75) is 11.4 Å². The molecule has 1 aliphatic heterocycles. The Labute approximate surface area is 208 Å². The fraction of sp³-hybridized carbons (Fsp3) is 0.304. The van der Waals surface area contributed by atoms with Crippen LogP contribution in [0.5, 0.6) is 0 Å². The van der Waals surface area contributed by atoms with Gasteiger partial charge in [-0.2, -0.15) is 0 Å². The second-order valence-electron chi connectivity index (χ2n) is 7.41. The lowest BCUT2D eigenvalue weighted by atomic mass is 10.2. The van der Waals surface area contributed by atoms with Crippen LogP contribution >= 0.6 is 50.4 Å². The van der Waals surface area contributed by atoms with Gasteiger partial charge in [0.2, 0.25) is 0 Å². The molecule has 1 aliphatic rings. The lowest BCUT2D eigenvalue weighted by molar-refractivity contribution is 0.0331. The molecule has 0 bridgehead atoms. The molecular formula is C23H23BrN4OS3. The number of nitrogens with one attached hydrogen (secondary N) is 1. The molecule has 0 radical (unpaired) electrons. The molecule has 5 rings (SSSR count). The van der Waals surface area contributed by atoms with Gasteiger partial charge < -0.3 is 10.1 Å². The van der Waals surface area contributed by atoms with Crippen molar-refractivity contribution in [1.29, 1.82) is 0 Å². The van der Waals surface area contributed by atoms with Crippen LogP contribution < -0.4 is 5.32 Å². The standard InChI is InChI=1S/C23H23BrN4OS3/c24-16-3-5-17(6-4-16)30-13-7-25-22-21-18(19-2-1-12-31-19)15-32-23(21)27-20(26-22)14-28-8-10-29-11-9-28/h1-6,12,15H,7-11,13-14H2,(H,25,26,27). The Morgan fingerprint density at radius 1 is 1.09 bits per heavy atom. The van der Waals surface area contributed by atoms with E-state index >= 15 is 0 Å². The quantitative estimate of drug-likeness (QED) is 0.209. The van der Waals surface area contributed by atoms with Crippen molar-refractivity contribution < 1.29 is 4.74 Å². The van der Waals surface area contributed by atoms with Gasteiger partial charge in [-0.05, 0) is 35.7 Å². The smallest absolute Gasteiger partial charge is 0.146 e. The fourth-order valence-electron chi connectivity index (χ4n) is 3.63. The predicted molar refractivity (Wildman–Crippen MR) is 140 cm³/mol. The highest BCUT2D eigenvalue weighted by atomic mass is 79.9. The summed E-state index contributed by atoms with van der Waals surface area (Å²) in [6.07, 6.45) is 0. The van der Waals surface area contributed by atoms with Crippen molar-refractivity contribution in [2.75, 3.05) is 43.9 Å². The maximum atomic E-state index is 5.49. The number of hydrogen-bond donors (Lipinski definition) is 1. The minimum atomic E-state index is 0.758. The monoisotopic (exact) mass is 546 g/mol. The third kappa shape index (κ3) is 5.35. The molecule has 4 aromatic rings. The molecule has 0 aliphatic carbocycles. The zero-order valence-electron chi connectivity index (χ0n) is 17.4. The van der Waals surface area contributed by atoms with Crippen LogP contribution in [0.2, 0.25) is 0 Å². The first kappa shape index (κ1) is 22.3. The molecule has 0 amide bonds. The molecule has 1 saturated heterocycles. The zero-order valence-corrected chi connectivity index (χ0v) is 21.5. The molecule has 1 N–H and O–H groups in total. The van der Waals surface area contributed by atoms with E-state index in [0.717, 1.165) is 71.5 Å². The number of hydrogen-bond acceptors (Lipinski definition) is 8. The van der Waals surface area contributed by atoms with Gasteiger partial charge in [-0.25, -0.2) is 9.97 Å². The number of halogens is 1. The van der Waals surface area contributed by atoms with Gasteiger partial charge in [0, 0.05) is 50.6 Å². The molecule has 0 spiro atoms. The van der Waals surface area contributed by atoms with Gasteiger partial charge in [-0.1, -0.05) is 22.0 Å². The molecule has 5 nitrogen and oxygen atoms in total. The van der Waals surface area contributed by atoms with Crippen LogP contribution in [0.15, 0.2) is 56.5 Å². The molecule has 0 atom stereocenters. The molecular weight excluding hydrogens is 524 g/mol. The van der Waals surface area contributed by atoms with Crippen molar-refractivity contribution in [1.82, 2.24) is 14.9 Å². The van der Waals surface area contributed by atoms with Gasteiger partial charge in [0.15, 0.2) is 0 Å². The molecule has 1 aromatic carbocycles. The number of morpholine rings is 1. The van der Waals surface area contributed by atoms with Crippen LogP contribution in [0, 0.1) is 0 Å². The summed E-state index contributed by atoms with van der Waals surface area (Å²) in [5.74, 6) is 2.78. The van der Waals surface area contributed by atoms with E-state index in [1.165, 1.54) is 15.3 Å². The van der Waals surface area contributed by atoms with Crippen LogP contribution in [0.4, 0.5) is 5.82 Å². The summed E-state index contributed by atoms with van der Waals surface area (Å²) in [5, 5.41) is 9.09. The summed E-state index contributed by atoms with van der Waals surface area (Å²) >= 11 is 8.80. The molecule has 1 fully saturated rings. The minimum Gasteiger partial charge on any atom is -0.379 e. The van der Waals surface area contributed by atoms with Crippen molar-refractivity contribution >= 4 is 66.4 Å². The van der Waals surface area contributed by atoms with Crippen LogP contribution in [-0.2, 0) is 11.3 Å². The number of aromatic nitrogens is 2. The average molecular weight is 548 g/mol. The van der Waals surface area contributed by atoms with Gasteiger partial charge in [0.25, 0.3) is 0 Å². The van der Waals surface area contributed by atoms with Crippen molar-refractivity contribution in [3.05, 3.63) is 57.5 Å². The van der Waals surface area contributed by atoms with Gasteiger partial charge >= 0.3 is 0 Å². The van der Waals surface area contributed by atoms with E-state index in [4.69, 9.17) is 14.7 Å². The molecule has 32 heavy (non-hydrogen) atoms. The van der Waals surface area contributed by atoms with Crippen LogP contribution in [0.3, 0.4) is 0 Å². The highest BCUT2D eigenvalue weighted by molar-refractivity contribution is 9.10. The van der Waals surface area contributed by atoms with Gasteiger partial charge in [-0.3, -0.25) is 4.90 Å². The first-order valence-electron chi connectivity index (χ1n) is 10.5. The summed E-state index contributed by atoms with van der Waals surface area (Å²) in [7, 11) is 0. The lowest BCUT2D eigenvalue weighted by Gasteiger charge is -2.25. The maximum absolute atomic E-state index is 5.49. The third-order valence-electron chi connectivity index (χ3n) is 5.21. The first-order valence-corrected chi connectivity index (χ1v) is 14.0. The predicted octanol–water partition coefficient (Wildman–Crippen LogP) is 6.22. The second-order valence-corrected chi connectivity index (χ2v) is 11.3. The van der Waals surface area contributed by atoms with Crippen LogP contribution in [-0.4, -0.2) is 53.5 Å². The van der Waals surface area contributed by atoms with E-state index in [0.29, 0.717) is 0 Å². The van der Waals surface area contributed by atoms with Gasteiger partial charge in [-0.15, -0.1) is 34.4 Å². The van der Waals surface area contributed by atoms with Crippen molar-refractivity contribution in [3.63, 3.8) is 0 Å². The van der Waals surface area contributed by atoms with E-state index < -0.39 is 0 Å². The summed E-state index contributed by atoms with van der Waals surface area (Å²) in [6, 6.07) is 12.7. The molecule has 9 heteroatoms. The highest BCUT2D eigenvalue weighted by Crippen LogP contribution is 2.39. The Balaban J connectivity index is 1.37. The number of thiophene rings is 2. The fourth-order valence-corrected chi connectivity index (χ4v) is 6.44. The molecule has 4 heterocycles. The van der Waals surface area contributed by atoms with E-state index in [-0.39, 0.29) is 0 Å². The number of anilines is 1. The highest BCUT2D eigenvalue weighted by Gasteiger charge is 2.18. The summed E-state index contributed by atoms with van der Waals surface area (Å²) in [6.45, 7) is 5.01. The number of rotatable bonds is 8. The first-order chi connectivity index (χ1) is 15.8. The van der Waals surface area contributed by atoms with Crippen molar-refractivity contribution in [2.24, 2.45) is 0 Å². The molecule has 3 aromatic heterocycles. The minimum absolute atomic E-state index is 0.758. The number of ether oxygens (including phenoxy) is 1. The van der Waals surface area contributed by atoms with E-state index in [9.17, 15) is 0 Å². The van der Waals surface area contributed by atoms with Crippen LogP contribution in [0.1, 0.15) is 5.82 Å². The number of benzene rings is 1.